The minimum absolute atomic E-state index is 0.203. The maximum absolute atomic E-state index is 11.7. The Balaban J connectivity index is 1.54. The number of alkyl carbamates (subject to hydrolysis) is 1. The molecule has 3 N–H and O–H groups in total. The summed E-state index contributed by atoms with van der Waals surface area (Å²) in [6.45, 7) is 3.58. The van der Waals surface area contributed by atoms with Crippen LogP contribution in [0.3, 0.4) is 0 Å². The van der Waals surface area contributed by atoms with Crippen LogP contribution in [-0.4, -0.2) is 36.4 Å². The predicted octanol–water partition coefficient (Wildman–Crippen LogP) is 2.05. The van der Waals surface area contributed by atoms with Crippen LogP contribution in [0, 0.1) is 5.92 Å². The van der Waals surface area contributed by atoms with E-state index in [4.69, 9.17) is 9.84 Å². The molecular weight excluding hydrogens is 280 g/mol. The Kier molecular flexibility index (Phi) is 6.68. The topological polar surface area (TPSA) is 70.6 Å². The Bertz CT molecular complexity index is 446. The molecule has 5 nitrogen and oxygen atoms in total. The second kappa shape index (κ2) is 8.76. The summed E-state index contributed by atoms with van der Waals surface area (Å²) in [6, 6.07) is 10.3. The molecule has 1 aromatic rings. The van der Waals surface area contributed by atoms with Crippen LogP contribution in [0.25, 0.3) is 0 Å². The molecule has 1 aliphatic rings. The number of amides is 1. The van der Waals surface area contributed by atoms with Crippen molar-refractivity contribution in [1.82, 2.24) is 10.6 Å². The van der Waals surface area contributed by atoms with Gasteiger partial charge in [0.2, 0.25) is 0 Å². The van der Waals surface area contributed by atoms with E-state index < -0.39 is 0 Å². The molecular formula is C17H26N2O3. The van der Waals surface area contributed by atoms with E-state index in [-0.39, 0.29) is 18.7 Å². The van der Waals surface area contributed by atoms with Gasteiger partial charge in [0.15, 0.2) is 0 Å². The summed E-state index contributed by atoms with van der Waals surface area (Å²) in [6.07, 6.45) is 2.35. The van der Waals surface area contributed by atoms with Gasteiger partial charge in [-0.15, -0.1) is 0 Å². The van der Waals surface area contributed by atoms with Gasteiger partial charge >= 0.3 is 6.09 Å². The number of hydrogen-bond acceptors (Lipinski definition) is 4. The number of ether oxygens (including phenoxy) is 1. The third-order valence-corrected chi connectivity index (χ3v) is 4.05. The lowest BCUT2D eigenvalue weighted by molar-refractivity contribution is 0.125. The van der Waals surface area contributed by atoms with Gasteiger partial charge in [-0.25, -0.2) is 4.79 Å². The summed E-state index contributed by atoms with van der Waals surface area (Å²) in [4.78, 5) is 11.7. The lowest BCUT2D eigenvalue weighted by atomic mass is 9.86. The molecule has 0 aliphatic heterocycles. The maximum atomic E-state index is 11.7. The van der Waals surface area contributed by atoms with E-state index in [1.54, 1.807) is 0 Å². The van der Waals surface area contributed by atoms with Crippen LogP contribution in [0.5, 0.6) is 0 Å². The molecule has 5 heteroatoms. The molecule has 1 aliphatic carbocycles. The van der Waals surface area contributed by atoms with Gasteiger partial charge in [0.05, 0.1) is 0 Å². The number of aliphatic hydroxyl groups excluding tert-OH is 1. The highest BCUT2D eigenvalue weighted by Crippen LogP contribution is 2.20. The molecule has 1 fully saturated rings. The molecule has 1 saturated carbocycles. The molecule has 1 atom stereocenters. The second-order valence-corrected chi connectivity index (χ2v) is 6.10. The van der Waals surface area contributed by atoms with Crippen molar-refractivity contribution in [1.29, 1.82) is 0 Å². The summed E-state index contributed by atoms with van der Waals surface area (Å²) in [5, 5.41) is 15.2. The molecule has 0 radical (unpaired) electrons. The Labute approximate surface area is 132 Å². The lowest BCUT2D eigenvalue weighted by Crippen LogP contribution is -2.53. The molecule has 1 amide bonds. The fraction of sp³-hybridized carbons (Fsp3) is 0.588. The van der Waals surface area contributed by atoms with Gasteiger partial charge in [-0.3, -0.25) is 0 Å². The number of carbonyl (C=O) groups excluding carboxylic acids is 1. The first-order valence-corrected chi connectivity index (χ1v) is 7.99. The zero-order valence-corrected chi connectivity index (χ0v) is 13.1. The minimum atomic E-state index is -0.346. The van der Waals surface area contributed by atoms with Crippen molar-refractivity contribution >= 4 is 6.09 Å². The Hall–Kier alpha value is -1.59. The Morgan fingerprint density at radius 3 is 2.73 bits per heavy atom. The molecule has 122 valence electrons. The normalized spacial score (nSPS) is 21.7. The zero-order valence-electron chi connectivity index (χ0n) is 13.1. The summed E-state index contributed by atoms with van der Waals surface area (Å²) in [5.74, 6) is 0.479. The monoisotopic (exact) mass is 306 g/mol. The van der Waals surface area contributed by atoms with E-state index in [1.807, 2.05) is 30.3 Å². The van der Waals surface area contributed by atoms with E-state index >= 15 is 0 Å². The van der Waals surface area contributed by atoms with Gasteiger partial charge in [-0.05, 0) is 37.3 Å². The van der Waals surface area contributed by atoms with Crippen molar-refractivity contribution in [2.45, 2.75) is 44.9 Å². The molecule has 1 aromatic carbocycles. The highest BCUT2D eigenvalue weighted by atomic mass is 16.5. The van der Waals surface area contributed by atoms with E-state index in [0.717, 1.165) is 31.4 Å². The smallest absolute Gasteiger partial charge is 0.407 e. The van der Waals surface area contributed by atoms with Crippen LogP contribution in [0.15, 0.2) is 30.3 Å². The number of rotatable bonds is 8. The number of aliphatic hydroxyl groups is 1. The maximum Gasteiger partial charge on any atom is 0.407 e. The van der Waals surface area contributed by atoms with Crippen LogP contribution in [0.1, 0.15) is 31.7 Å². The van der Waals surface area contributed by atoms with Gasteiger partial charge in [0.25, 0.3) is 0 Å². The predicted molar refractivity (Wildman–Crippen MR) is 85.4 cm³/mol. The van der Waals surface area contributed by atoms with Crippen LogP contribution in [0.2, 0.25) is 0 Å². The minimum Gasteiger partial charge on any atom is -0.445 e. The molecule has 0 bridgehead atoms. The van der Waals surface area contributed by atoms with Crippen LogP contribution in [-0.2, 0) is 11.3 Å². The van der Waals surface area contributed by atoms with Gasteiger partial charge in [-0.1, -0.05) is 37.3 Å². The first kappa shape index (κ1) is 16.8. The molecule has 1 unspecified atom stereocenters. The summed E-state index contributed by atoms with van der Waals surface area (Å²) >= 11 is 0. The van der Waals surface area contributed by atoms with Gasteiger partial charge in [0.1, 0.15) is 6.61 Å². The van der Waals surface area contributed by atoms with E-state index in [2.05, 4.69) is 17.6 Å². The zero-order chi connectivity index (χ0) is 15.8. The third-order valence-electron chi connectivity index (χ3n) is 4.05. The molecule has 0 spiro atoms. The van der Waals surface area contributed by atoms with Crippen molar-refractivity contribution < 1.29 is 14.6 Å². The largest absolute Gasteiger partial charge is 0.445 e. The average Bonchev–Trinajstić information content (AvgIpc) is 2.48. The quantitative estimate of drug-likeness (QED) is 0.687. The molecule has 22 heavy (non-hydrogen) atoms. The first-order valence-electron chi connectivity index (χ1n) is 7.99. The second-order valence-electron chi connectivity index (χ2n) is 6.10. The molecule has 0 heterocycles. The SMILES string of the molecule is CC(CCO)CNC1CC(NC(=O)OCc2ccccc2)C1. The average molecular weight is 306 g/mol. The third kappa shape index (κ3) is 5.66. The molecule has 2 rings (SSSR count). The Morgan fingerprint density at radius 2 is 2.05 bits per heavy atom. The molecule has 0 saturated heterocycles. The van der Waals surface area contributed by atoms with Crippen molar-refractivity contribution in [3.05, 3.63) is 35.9 Å². The summed E-state index contributed by atoms with van der Waals surface area (Å²) in [7, 11) is 0. The van der Waals surface area contributed by atoms with Crippen molar-refractivity contribution in [3.8, 4) is 0 Å². The van der Waals surface area contributed by atoms with Gasteiger partial charge in [0, 0.05) is 18.7 Å². The number of carbonyl (C=O) groups is 1. The van der Waals surface area contributed by atoms with Crippen molar-refractivity contribution in [2.75, 3.05) is 13.2 Å². The number of hydrogen-bond donors (Lipinski definition) is 3. The van der Waals surface area contributed by atoms with E-state index in [9.17, 15) is 4.79 Å². The number of benzene rings is 1. The van der Waals surface area contributed by atoms with Gasteiger partial charge < -0.3 is 20.5 Å². The highest BCUT2D eigenvalue weighted by Gasteiger charge is 2.30. The van der Waals surface area contributed by atoms with Crippen molar-refractivity contribution in [3.63, 3.8) is 0 Å². The van der Waals surface area contributed by atoms with Crippen LogP contribution >= 0.6 is 0 Å². The van der Waals surface area contributed by atoms with Crippen LogP contribution < -0.4 is 10.6 Å². The summed E-state index contributed by atoms with van der Waals surface area (Å²) in [5.41, 5.74) is 0.990. The summed E-state index contributed by atoms with van der Waals surface area (Å²) < 4.78 is 5.20. The fourth-order valence-corrected chi connectivity index (χ4v) is 2.52. The van der Waals surface area contributed by atoms with Crippen molar-refractivity contribution in [2.24, 2.45) is 5.92 Å². The molecule has 0 aromatic heterocycles. The Morgan fingerprint density at radius 1 is 1.32 bits per heavy atom. The fourth-order valence-electron chi connectivity index (χ4n) is 2.52. The lowest BCUT2D eigenvalue weighted by Gasteiger charge is -2.36. The van der Waals surface area contributed by atoms with Crippen LogP contribution in [0.4, 0.5) is 4.79 Å². The van der Waals surface area contributed by atoms with E-state index in [0.29, 0.717) is 18.6 Å². The number of nitrogens with one attached hydrogen (secondary N) is 2. The highest BCUT2D eigenvalue weighted by molar-refractivity contribution is 5.67. The first-order chi connectivity index (χ1) is 10.7. The standard InChI is InChI=1S/C17H26N2O3/c1-13(7-8-20)11-18-15-9-16(10-15)19-17(21)22-12-14-5-3-2-4-6-14/h2-6,13,15-16,18,20H,7-12H2,1H3,(H,19,21). The van der Waals surface area contributed by atoms with Gasteiger partial charge in [-0.2, -0.15) is 0 Å². The van der Waals surface area contributed by atoms with E-state index in [1.165, 1.54) is 0 Å².